The number of halogens is 1. The van der Waals surface area contributed by atoms with E-state index in [0.29, 0.717) is 18.5 Å². The summed E-state index contributed by atoms with van der Waals surface area (Å²) in [6.45, 7) is 0.725. The molecule has 0 spiro atoms. The minimum atomic E-state index is -0.865. The van der Waals surface area contributed by atoms with Gasteiger partial charge in [0.1, 0.15) is 6.17 Å². The molecule has 0 N–H and O–H groups in total. The van der Waals surface area contributed by atoms with Crippen molar-refractivity contribution in [2.45, 2.75) is 12.6 Å². The molecule has 3 nitrogen and oxygen atoms in total. The van der Waals surface area contributed by atoms with E-state index < -0.39 is 6.17 Å². The number of carbonyl (C=O) groups is 1. The number of hydrogen-bond acceptors (Lipinski definition) is 2. The van der Waals surface area contributed by atoms with Gasteiger partial charge in [-0.15, -0.1) is 0 Å². The SMILES string of the molecule is O=C(c1cccnc1)N1CC[C@H](F)C1. The average Bonchev–Trinajstić information content (AvgIpc) is 2.65. The largest absolute Gasteiger partial charge is 0.336 e. The third-order valence-electron chi connectivity index (χ3n) is 2.33. The Bertz CT molecular complexity index is 328. The molecule has 1 aliphatic rings. The van der Waals surface area contributed by atoms with Crippen LogP contribution in [-0.4, -0.2) is 35.1 Å². The van der Waals surface area contributed by atoms with Crippen molar-refractivity contribution in [3.05, 3.63) is 30.1 Å². The molecule has 1 fully saturated rings. The molecule has 1 saturated heterocycles. The van der Waals surface area contributed by atoms with Crippen molar-refractivity contribution < 1.29 is 9.18 Å². The summed E-state index contributed by atoms with van der Waals surface area (Å²) < 4.78 is 12.8. The van der Waals surface area contributed by atoms with Crippen LogP contribution in [0.2, 0.25) is 0 Å². The first-order valence-corrected chi connectivity index (χ1v) is 4.61. The molecule has 4 heteroatoms. The molecular formula is C10H11FN2O. The van der Waals surface area contributed by atoms with Gasteiger partial charge in [-0.1, -0.05) is 0 Å². The van der Waals surface area contributed by atoms with Gasteiger partial charge in [-0.25, -0.2) is 4.39 Å². The fourth-order valence-electron chi connectivity index (χ4n) is 1.57. The summed E-state index contributed by atoms with van der Waals surface area (Å²) in [5.74, 6) is -0.127. The van der Waals surface area contributed by atoms with Crippen molar-refractivity contribution >= 4 is 5.91 Å². The van der Waals surface area contributed by atoms with Gasteiger partial charge in [0.25, 0.3) is 5.91 Å². The number of hydrogen-bond donors (Lipinski definition) is 0. The average molecular weight is 194 g/mol. The van der Waals surface area contributed by atoms with Gasteiger partial charge in [0, 0.05) is 18.9 Å². The lowest BCUT2D eigenvalue weighted by atomic mass is 10.2. The minimum Gasteiger partial charge on any atom is -0.336 e. The van der Waals surface area contributed by atoms with Crippen LogP contribution in [0, 0.1) is 0 Å². The highest BCUT2D eigenvalue weighted by Gasteiger charge is 2.26. The van der Waals surface area contributed by atoms with Crippen LogP contribution < -0.4 is 0 Å². The van der Waals surface area contributed by atoms with Crippen molar-refractivity contribution in [1.29, 1.82) is 0 Å². The molecular weight excluding hydrogens is 183 g/mol. The third-order valence-corrected chi connectivity index (χ3v) is 2.33. The molecule has 2 rings (SSSR count). The lowest BCUT2D eigenvalue weighted by Gasteiger charge is -2.14. The van der Waals surface area contributed by atoms with Gasteiger partial charge in [-0.3, -0.25) is 9.78 Å². The Kier molecular flexibility index (Phi) is 2.43. The fourth-order valence-corrected chi connectivity index (χ4v) is 1.57. The van der Waals surface area contributed by atoms with E-state index in [1.165, 1.54) is 11.1 Å². The van der Waals surface area contributed by atoms with E-state index >= 15 is 0 Å². The van der Waals surface area contributed by atoms with Crippen LogP contribution in [0.3, 0.4) is 0 Å². The van der Waals surface area contributed by atoms with Crippen LogP contribution in [0.15, 0.2) is 24.5 Å². The molecule has 1 aliphatic heterocycles. The molecule has 0 saturated carbocycles. The fraction of sp³-hybridized carbons (Fsp3) is 0.400. The van der Waals surface area contributed by atoms with Crippen molar-refractivity contribution in [2.24, 2.45) is 0 Å². The molecule has 0 aromatic carbocycles. The maximum absolute atomic E-state index is 12.8. The summed E-state index contributed by atoms with van der Waals surface area (Å²) in [4.78, 5) is 17.1. The second kappa shape index (κ2) is 3.74. The Morgan fingerprint density at radius 3 is 3.07 bits per heavy atom. The lowest BCUT2D eigenvalue weighted by Crippen LogP contribution is -2.28. The first-order chi connectivity index (χ1) is 6.77. The van der Waals surface area contributed by atoms with E-state index in [2.05, 4.69) is 4.98 Å². The predicted octanol–water partition coefficient (Wildman–Crippen LogP) is 1.27. The van der Waals surface area contributed by atoms with Gasteiger partial charge < -0.3 is 4.90 Å². The van der Waals surface area contributed by atoms with Gasteiger partial charge in [0.05, 0.1) is 12.1 Å². The third kappa shape index (κ3) is 1.73. The molecule has 1 aromatic heterocycles. The van der Waals surface area contributed by atoms with E-state index in [4.69, 9.17) is 0 Å². The molecule has 0 radical (unpaired) electrons. The smallest absolute Gasteiger partial charge is 0.255 e. The highest BCUT2D eigenvalue weighted by atomic mass is 19.1. The maximum atomic E-state index is 12.8. The monoisotopic (exact) mass is 194 g/mol. The number of amides is 1. The predicted molar refractivity (Wildman–Crippen MR) is 49.7 cm³/mol. The number of likely N-dealkylation sites (tertiary alicyclic amines) is 1. The summed E-state index contributed by atoms with van der Waals surface area (Å²) in [5.41, 5.74) is 0.529. The van der Waals surface area contributed by atoms with Gasteiger partial charge in [0.2, 0.25) is 0 Å². The molecule has 1 aromatic rings. The van der Waals surface area contributed by atoms with Crippen molar-refractivity contribution in [3.63, 3.8) is 0 Å². The summed E-state index contributed by atoms with van der Waals surface area (Å²) in [6.07, 6.45) is 2.70. The molecule has 1 amide bonds. The van der Waals surface area contributed by atoms with Crippen LogP contribution in [-0.2, 0) is 0 Å². The van der Waals surface area contributed by atoms with Gasteiger partial charge >= 0.3 is 0 Å². The van der Waals surface area contributed by atoms with Gasteiger partial charge in [-0.2, -0.15) is 0 Å². The Morgan fingerprint density at radius 2 is 2.50 bits per heavy atom. The standard InChI is InChI=1S/C10H11FN2O/c11-9-3-5-13(7-9)10(14)8-2-1-4-12-6-8/h1-2,4,6,9H,3,5,7H2/t9-/m0/s1. The summed E-state index contributed by atoms with van der Waals surface area (Å²) in [6, 6.07) is 3.40. The number of nitrogens with zero attached hydrogens (tertiary/aromatic N) is 2. The lowest BCUT2D eigenvalue weighted by molar-refractivity contribution is 0.0782. The number of carbonyl (C=O) groups excluding carboxylic acids is 1. The second-order valence-corrected chi connectivity index (χ2v) is 3.38. The number of pyridine rings is 1. The van der Waals surface area contributed by atoms with E-state index in [-0.39, 0.29) is 12.5 Å². The van der Waals surface area contributed by atoms with Crippen molar-refractivity contribution in [2.75, 3.05) is 13.1 Å². The van der Waals surface area contributed by atoms with Crippen LogP contribution in [0.4, 0.5) is 4.39 Å². The maximum Gasteiger partial charge on any atom is 0.255 e. The zero-order valence-electron chi connectivity index (χ0n) is 7.69. The zero-order valence-corrected chi connectivity index (χ0v) is 7.69. The second-order valence-electron chi connectivity index (χ2n) is 3.38. The number of alkyl halides is 1. The Balaban J connectivity index is 2.10. The summed E-state index contributed by atoms with van der Waals surface area (Å²) in [5, 5.41) is 0. The first-order valence-electron chi connectivity index (χ1n) is 4.61. The topological polar surface area (TPSA) is 33.2 Å². The van der Waals surface area contributed by atoms with Crippen LogP contribution in [0.5, 0.6) is 0 Å². The highest BCUT2D eigenvalue weighted by molar-refractivity contribution is 5.94. The Hall–Kier alpha value is -1.45. The van der Waals surface area contributed by atoms with Gasteiger partial charge in [-0.05, 0) is 18.6 Å². The van der Waals surface area contributed by atoms with Crippen LogP contribution >= 0.6 is 0 Å². The van der Waals surface area contributed by atoms with Crippen molar-refractivity contribution in [3.8, 4) is 0 Å². The van der Waals surface area contributed by atoms with Crippen LogP contribution in [0.1, 0.15) is 16.8 Å². The summed E-state index contributed by atoms with van der Waals surface area (Å²) >= 11 is 0. The number of rotatable bonds is 1. The quantitative estimate of drug-likeness (QED) is 0.674. The minimum absolute atomic E-state index is 0.127. The Labute approximate surface area is 81.6 Å². The molecule has 1 atom stereocenters. The first kappa shape index (κ1) is 9.12. The highest BCUT2D eigenvalue weighted by Crippen LogP contribution is 2.14. The Morgan fingerprint density at radius 1 is 1.64 bits per heavy atom. The van der Waals surface area contributed by atoms with Crippen molar-refractivity contribution in [1.82, 2.24) is 9.88 Å². The molecule has 2 heterocycles. The van der Waals surface area contributed by atoms with Gasteiger partial charge in [0.15, 0.2) is 0 Å². The van der Waals surface area contributed by atoms with E-state index in [0.717, 1.165) is 0 Å². The molecule has 14 heavy (non-hydrogen) atoms. The van der Waals surface area contributed by atoms with E-state index in [1.807, 2.05) is 0 Å². The normalized spacial score (nSPS) is 21.2. The van der Waals surface area contributed by atoms with E-state index in [1.54, 1.807) is 18.3 Å². The van der Waals surface area contributed by atoms with Crippen LogP contribution in [0.25, 0.3) is 0 Å². The molecule has 0 unspecified atom stereocenters. The zero-order chi connectivity index (χ0) is 9.97. The molecule has 74 valence electrons. The van der Waals surface area contributed by atoms with E-state index in [9.17, 15) is 9.18 Å². The summed E-state index contributed by atoms with van der Waals surface area (Å²) in [7, 11) is 0. The molecule has 0 aliphatic carbocycles. The number of aromatic nitrogens is 1. The molecule has 0 bridgehead atoms.